The molecule has 0 aliphatic heterocycles. The Balaban J connectivity index is 2.34. The zero-order valence-corrected chi connectivity index (χ0v) is 11.4. The van der Waals surface area contributed by atoms with E-state index in [1.54, 1.807) is 23.9 Å². The number of aryl methyl sites for hydroxylation is 1. The maximum atomic E-state index is 12.1. The topological polar surface area (TPSA) is 53.1 Å². The van der Waals surface area contributed by atoms with Gasteiger partial charge in [-0.1, -0.05) is 13.3 Å². The van der Waals surface area contributed by atoms with Crippen LogP contribution < -0.4 is 10.5 Å². The third-order valence-electron chi connectivity index (χ3n) is 3.05. The number of ether oxygens (including phenoxy) is 1. The number of benzene rings is 1. The summed E-state index contributed by atoms with van der Waals surface area (Å²) in [5, 5.41) is 4.39. The van der Waals surface area contributed by atoms with Gasteiger partial charge in [-0.3, -0.25) is 4.68 Å². The molecule has 20 heavy (non-hydrogen) atoms. The van der Waals surface area contributed by atoms with Crippen molar-refractivity contribution in [2.75, 3.05) is 5.73 Å². The number of nitrogens with two attached hydrogens (primary N) is 1. The van der Waals surface area contributed by atoms with Crippen LogP contribution >= 0.6 is 0 Å². The van der Waals surface area contributed by atoms with Gasteiger partial charge >= 0.3 is 6.61 Å². The van der Waals surface area contributed by atoms with E-state index in [9.17, 15) is 8.78 Å². The number of nitrogen functional groups attached to an aromatic ring is 1. The van der Waals surface area contributed by atoms with Crippen LogP contribution in [-0.2, 0) is 13.5 Å². The van der Waals surface area contributed by atoms with E-state index in [0.717, 1.165) is 29.7 Å². The number of alkyl halides is 2. The van der Waals surface area contributed by atoms with E-state index in [2.05, 4.69) is 16.8 Å². The summed E-state index contributed by atoms with van der Waals surface area (Å²) < 4.78 is 30.2. The molecule has 0 atom stereocenters. The molecule has 0 unspecified atom stereocenters. The Kier molecular flexibility index (Phi) is 4.22. The van der Waals surface area contributed by atoms with Crippen LogP contribution in [0.5, 0.6) is 5.75 Å². The van der Waals surface area contributed by atoms with Gasteiger partial charge in [0.1, 0.15) is 11.6 Å². The minimum atomic E-state index is -2.82. The fraction of sp³-hybridized carbons (Fsp3) is 0.357. The second-order valence-corrected chi connectivity index (χ2v) is 4.49. The number of hydrogen-bond acceptors (Lipinski definition) is 3. The molecule has 1 aromatic heterocycles. The van der Waals surface area contributed by atoms with E-state index < -0.39 is 6.61 Å². The molecule has 2 rings (SSSR count). The Hall–Kier alpha value is -2.11. The van der Waals surface area contributed by atoms with Gasteiger partial charge in [0.05, 0.1) is 5.69 Å². The molecule has 0 spiro atoms. The smallest absolute Gasteiger partial charge is 0.387 e. The van der Waals surface area contributed by atoms with E-state index in [1.807, 2.05) is 0 Å². The zero-order chi connectivity index (χ0) is 14.7. The maximum Gasteiger partial charge on any atom is 0.387 e. The molecule has 2 N–H and O–H groups in total. The van der Waals surface area contributed by atoms with Crippen LogP contribution in [0.15, 0.2) is 24.3 Å². The highest BCUT2D eigenvalue weighted by molar-refractivity contribution is 5.68. The van der Waals surface area contributed by atoms with Gasteiger partial charge in [-0.25, -0.2) is 0 Å². The summed E-state index contributed by atoms with van der Waals surface area (Å²) in [6.07, 6.45) is 1.78. The molecule has 0 bridgehead atoms. The van der Waals surface area contributed by atoms with Crippen molar-refractivity contribution in [2.45, 2.75) is 26.4 Å². The number of anilines is 1. The van der Waals surface area contributed by atoms with E-state index in [1.165, 1.54) is 12.1 Å². The van der Waals surface area contributed by atoms with Crippen LogP contribution in [0.3, 0.4) is 0 Å². The highest BCUT2D eigenvalue weighted by atomic mass is 19.3. The maximum absolute atomic E-state index is 12.1. The summed E-state index contributed by atoms with van der Waals surface area (Å²) in [4.78, 5) is 0. The predicted molar refractivity (Wildman–Crippen MR) is 73.7 cm³/mol. The first-order chi connectivity index (χ1) is 9.52. The van der Waals surface area contributed by atoms with Crippen LogP contribution in [-0.4, -0.2) is 16.4 Å². The van der Waals surface area contributed by atoms with Crippen molar-refractivity contribution in [2.24, 2.45) is 7.05 Å². The highest BCUT2D eigenvalue weighted by Gasteiger charge is 2.15. The van der Waals surface area contributed by atoms with E-state index in [4.69, 9.17) is 5.73 Å². The van der Waals surface area contributed by atoms with Gasteiger partial charge in [-0.15, -0.1) is 0 Å². The molecule has 0 aliphatic rings. The number of rotatable bonds is 5. The van der Waals surface area contributed by atoms with Gasteiger partial charge in [0, 0.05) is 18.2 Å². The van der Waals surface area contributed by atoms with Crippen molar-refractivity contribution in [1.29, 1.82) is 0 Å². The van der Waals surface area contributed by atoms with Crippen molar-refractivity contribution >= 4 is 5.82 Å². The van der Waals surface area contributed by atoms with Gasteiger partial charge < -0.3 is 10.5 Å². The Morgan fingerprint density at radius 2 is 1.95 bits per heavy atom. The lowest BCUT2D eigenvalue weighted by Gasteiger charge is -2.06. The summed E-state index contributed by atoms with van der Waals surface area (Å²) in [5.74, 6) is 0.763. The van der Waals surface area contributed by atoms with Crippen LogP contribution in [0.4, 0.5) is 14.6 Å². The number of hydrogen-bond donors (Lipinski definition) is 1. The molecular formula is C14H17F2N3O. The Morgan fingerprint density at radius 1 is 1.30 bits per heavy atom. The summed E-state index contributed by atoms with van der Waals surface area (Å²) in [6.45, 7) is -0.752. The average molecular weight is 281 g/mol. The van der Waals surface area contributed by atoms with Crippen LogP contribution in [0.2, 0.25) is 0 Å². The third-order valence-corrected chi connectivity index (χ3v) is 3.05. The van der Waals surface area contributed by atoms with Gasteiger partial charge in [-0.2, -0.15) is 13.9 Å². The van der Waals surface area contributed by atoms with E-state index >= 15 is 0 Å². The highest BCUT2D eigenvalue weighted by Crippen LogP contribution is 2.29. The molecule has 0 amide bonds. The lowest BCUT2D eigenvalue weighted by atomic mass is 10.0. The molecule has 1 aromatic carbocycles. The normalized spacial score (nSPS) is 11.1. The van der Waals surface area contributed by atoms with E-state index in [-0.39, 0.29) is 5.75 Å². The second-order valence-electron chi connectivity index (χ2n) is 4.49. The summed E-state index contributed by atoms with van der Waals surface area (Å²) >= 11 is 0. The SMILES string of the molecule is CCCc1c(-c2ccc(OC(F)F)cc2)nn(C)c1N. The molecule has 0 saturated heterocycles. The van der Waals surface area contributed by atoms with Crippen molar-refractivity contribution in [1.82, 2.24) is 9.78 Å². The molecule has 0 fully saturated rings. The number of halogens is 2. The van der Waals surface area contributed by atoms with E-state index in [0.29, 0.717) is 5.82 Å². The third kappa shape index (κ3) is 2.89. The summed E-state index contributed by atoms with van der Waals surface area (Å²) in [5.41, 5.74) is 8.61. The summed E-state index contributed by atoms with van der Waals surface area (Å²) in [6, 6.07) is 6.42. The lowest BCUT2D eigenvalue weighted by molar-refractivity contribution is -0.0498. The van der Waals surface area contributed by atoms with Gasteiger partial charge in [-0.05, 0) is 30.7 Å². The molecular weight excluding hydrogens is 264 g/mol. The van der Waals surface area contributed by atoms with Crippen molar-refractivity contribution in [3.8, 4) is 17.0 Å². The molecule has 6 heteroatoms. The average Bonchev–Trinajstić information content (AvgIpc) is 2.68. The van der Waals surface area contributed by atoms with Crippen LogP contribution in [0.1, 0.15) is 18.9 Å². The number of aromatic nitrogens is 2. The molecule has 0 saturated carbocycles. The van der Waals surface area contributed by atoms with Crippen molar-refractivity contribution in [3.05, 3.63) is 29.8 Å². The fourth-order valence-electron chi connectivity index (χ4n) is 2.10. The van der Waals surface area contributed by atoms with Gasteiger partial charge in [0.2, 0.25) is 0 Å². The monoisotopic (exact) mass is 281 g/mol. The molecule has 4 nitrogen and oxygen atoms in total. The molecule has 2 aromatic rings. The zero-order valence-electron chi connectivity index (χ0n) is 11.4. The van der Waals surface area contributed by atoms with Crippen LogP contribution in [0.25, 0.3) is 11.3 Å². The Labute approximate surface area is 116 Å². The number of nitrogens with zero attached hydrogens (tertiary/aromatic N) is 2. The molecule has 0 radical (unpaired) electrons. The van der Waals surface area contributed by atoms with Crippen LogP contribution in [0, 0.1) is 0 Å². The first-order valence-corrected chi connectivity index (χ1v) is 6.39. The summed E-state index contributed by atoms with van der Waals surface area (Å²) in [7, 11) is 1.78. The molecule has 0 aliphatic carbocycles. The quantitative estimate of drug-likeness (QED) is 0.915. The van der Waals surface area contributed by atoms with Crippen molar-refractivity contribution in [3.63, 3.8) is 0 Å². The standard InChI is InChI=1S/C14H17F2N3O/c1-3-4-11-12(18-19(2)13(11)17)9-5-7-10(8-6-9)20-14(15)16/h5-8,14H,3-4,17H2,1-2H3. The molecule has 108 valence electrons. The Bertz CT molecular complexity index is 579. The molecule has 1 heterocycles. The predicted octanol–water partition coefficient (Wildman–Crippen LogP) is 3.22. The van der Waals surface area contributed by atoms with Gasteiger partial charge in [0.25, 0.3) is 0 Å². The first kappa shape index (κ1) is 14.3. The largest absolute Gasteiger partial charge is 0.435 e. The minimum absolute atomic E-state index is 0.129. The van der Waals surface area contributed by atoms with Gasteiger partial charge in [0.15, 0.2) is 0 Å². The van der Waals surface area contributed by atoms with Crippen molar-refractivity contribution < 1.29 is 13.5 Å². The minimum Gasteiger partial charge on any atom is -0.435 e. The first-order valence-electron chi connectivity index (χ1n) is 6.39. The Morgan fingerprint density at radius 3 is 2.50 bits per heavy atom. The second kappa shape index (κ2) is 5.90. The lowest BCUT2D eigenvalue weighted by Crippen LogP contribution is -2.01. The fourth-order valence-corrected chi connectivity index (χ4v) is 2.10.